The molecular weight excluding hydrogens is 248 g/mol. The van der Waals surface area contributed by atoms with Gasteiger partial charge in [0.15, 0.2) is 0 Å². The van der Waals surface area contributed by atoms with Crippen LogP contribution in [0.1, 0.15) is 64.6 Å². The van der Waals surface area contributed by atoms with Crippen molar-refractivity contribution in [1.82, 2.24) is 15.2 Å². The van der Waals surface area contributed by atoms with Crippen LogP contribution in [0.2, 0.25) is 0 Å². The first-order chi connectivity index (χ1) is 9.63. The zero-order chi connectivity index (χ0) is 14.5. The first-order valence-corrected chi connectivity index (χ1v) is 8.14. The van der Waals surface area contributed by atoms with Gasteiger partial charge < -0.3 is 0 Å². The second kappa shape index (κ2) is 7.23. The summed E-state index contributed by atoms with van der Waals surface area (Å²) in [5.74, 6) is 7.44. The molecule has 0 radical (unpaired) electrons. The third-order valence-electron chi connectivity index (χ3n) is 4.87. The fourth-order valence-corrected chi connectivity index (χ4v) is 3.36. The Morgan fingerprint density at radius 2 is 2.05 bits per heavy atom. The Bertz CT molecular complexity index is 391. The van der Waals surface area contributed by atoms with Crippen molar-refractivity contribution < 1.29 is 0 Å². The van der Waals surface area contributed by atoms with E-state index < -0.39 is 0 Å². The van der Waals surface area contributed by atoms with E-state index in [2.05, 4.69) is 43.6 Å². The van der Waals surface area contributed by atoms with Crippen LogP contribution >= 0.6 is 0 Å². The summed E-state index contributed by atoms with van der Waals surface area (Å²) in [5.41, 5.74) is 4.19. The summed E-state index contributed by atoms with van der Waals surface area (Å²) in [6, 6.07) is 2.92. The summed E-state index contributed by atoms with van der Waals surface area (Å²) in [4.78, 5) is 0. The number of nitrogens with zero attached hydrogens (tertiary/aromatic N) is 2. The van der Waals surface area contributed by atoms with E-state index >= 15 is 0 Å². The second-order valence-electron chi connectivity index (χ2n) is 6.55. The molecule has 2 rings (SSSR count). The van der Waals surface area contributed by atoms with Crippen LogP contribution in [0.25, 0.3) is 0 Å². The largest absolute Gasteiger partial charge is 0.271 e. The fraction of sp³-hybridized carbons (Fsp3) is 0.812. The fourth-order valence-electron chi connectivity index (χ4n) is 3.36. The lowest BCUT2D eigenvalue weighted by molar-refractivity contribution is 0.216. The number of hydrogen-bond acceptors (Lipinski definition) is 3. The maximum absolute atomic E-state index is 5.80. The predicted octanol–water partition coefficient (Wildman–Crippen LogP) is 3.05. The van der Waals surface area contributed by atoms with E-state index in [1.807, 2.05) is 4.68 Å². The minimum atomic E-state index is 0.364. The highest BCUT2D eigenvalue weighted by atomic mass is 15.3. The SMILES string of the molecule is CCC1CCC(C(Cc2ccn(C(C)C)n2)NN)CC1. The van der Waals surface area contributed by atoms with Gasteiger partial charge in [-0.05, 0) is 44.6 Å². The molecule has 4 heteroatoms. The van der Waals surface area contributed by atoms with Crippen LogP contribution in [-0.2, 0) is 6.42 Å². The molecule has 1 heterocycles. The van der Waals surface area contributed by atoms with Crippen LogP contribution in [0.15, 0.2) is 12.3 Å². The molecule has 0 aromatic carbocycles. The highest BCUT2D eigenvalue weighted by molar-refractivity contribution is 5.03. The molecule has 1 atom stereocenters. The Hall–Kier alpha value is -0.870. The van der Waals surface area contributed by atoms with Crippen molar-refractivity contribution in [3.63, 3.8) is 0 Å². The lowest BCUT2D eigenvalue weighted by Crippen LogP contribution is -2.43. The van der Waals surface area contributed by atoms with Gasteiger partial charge in [0.2, 0.25) is 0 Å². The first kappa shape index (κ1) is 15.5. The average molecular weight is 278 g/mol. The molecule has 20 heavy (non-hydrogen) atoms. The Morgan fingerprint density at radius 3 is 2.55 bits per heavy atom. The number of hydrazine groups is 1. The number of nitrogens with one attached hydrogen (secondary N) is 1. The van der Waals surface area contributed by atoms with Crippen molar-refractivity contribution in [1.29, 1.82) is 0 Å². The van der Waals surface area contributed by atoms with Crippen molar-refractivity contribution in [2.24, 2.45) is 17.7 Å². The highest BCUT2D eigenvalue weighted by Crippen LogP contribution is 2.33. The maximum atomic E-state index is 5.80. The van der Waals surface area contributed by atoms with Gasteiger partial charge in [0.1, 0.15) is 0 Å². The third-order valence-corrected chi connectivity index (χ3v) is 4.87. The van der Waals surface area contributed by atoms with Crippen LogP contribution in [0.4, 0.5) is 0 Å². The number of nitrogens with two attached hydrogens (primary N) is 1. The zero-order valence-corrected chi connectivity index (χ0v) is 13.2. The Balaban J connectivity index is 1.91. The van der Waals surface area contributed by atoms with Crippen LogP contribution in [0.3, 0.4) is 0 Å². The van der Waals surface area contributed by atoms with E-state index in [1.165, 1.54) is 32.1 Å². The van der Waals surface area contributed by atoms with Gasteiger partial charge in [-0.25, -0.2) is 0 Å². The van der Waals surface area contributed by atoms with E-state index in [9.17, 15) is 0 Å². The summed E-state index contributed by atoms with van der Waals surface area (Å²) >= 11 is 0. The first-order valence-electron chi connectivity index (χ1n) is 8.14. The van der Waals surface area contributed by atoms with Crippen molar-refractivity contribution in [2.75, 3.05) is 0 Å². The molecule has 1 aromatic heterocycles. The molecule has 0 aliphatic heterocycles. The molecule has 1 saturated carbocycles. The molecule has 1 fully saturated rings. The van der Waals surface area contributed by atoms with Crippen molar-refractivity contribution in [2.45, 2.75) is 71.4 Å². The van der Waals surface area contributed by atoms with E-state index in [4.69, 9.17) is 5.84 Å². The summed E-state index contributed by atoms with van der Waals surface area (Å²) in [5, 5.41) is 4.64. The molecule has 0 spiro atoms. The van der Waals surface area contributed by atoms with Gasteiger partial charge in [-0.1, -0.05) is 26.2 Å². The number of aromatic nitrogens is 2. The second-order valence-corrected chi connectivity index (χ2v) is 6.55. The molecule has 1 aliphatic carbocycles. The minimum Gasteiger partial charge on any atom is -0.271 e. The van der Waals surface area contributed by atoms with E-state index in [-0.39, 0.29) is 0 Å². The quantitative estimate of drug-likeness (QED) is 0.621. The summed E-state index contributed by atoms with van der Waals surface area (Å²) in [7, 11) is 0. The van der Waals surface area contributed by atoms with Crippen LogP contribution in [0, 0.1) is 11.8 Å². The van der Waals surface area contributed by atoms with E-state index in [0.717, 1.165) is 18.0 Å². The van der Waals surface area contributed by atoms with Crippen LogP contribution in [-0.4, -0.2) is 15.8 Å². The molecule has 1 unspecified atom stereocenters. The molecule has 114 valence electrons. The van der Waals surface area contributed by atoms with E-state index in [0.29, 0.717) is 18.0 Å². The Labute approximate surface area is 123 Å². The molecule has 4 nitrogen and oxygen atoms in total. The lowest BCUT2D eigenvalue weighted by atomic mass is 9.77. The Kier molecular flexibility index (Phi) is 5.61. The molecule has 1 aromatic rings. The number of hydrogen-bond donors (Lipinski definition) is 2. The van der Waals surface area contributed by atoms with Crippen molar-refractivity contribution in [3.05, 3.63) is 18.0 Å². The Morgan fingerprint density at radius 1 is 1.35 bits per heavy atom. The molecular formula is C16H30N4. The van der Waals surface area contributed by atoms with Crippen LogP contribution < -0.4 is 11.3 Å². The number of rotatable bonds is 6. The van der Waals surface area contributed by atoms with Gasteiger partial charge in [-0.3, -0.25) is 16.0 Å². The summed E-state index contributed by atoms with van der Waals surface area (Å²) < 4.78 is 2.02. The smallest absolute Gasteiger partial charge is 0.0640 e. The van der Waals surface area contributed by atoms with Crippen molar-refractivity contribution >= 4 is 0 Å². The molecule has 0 amide bonds. The minimum absolute atomic E-state index is 0.364. The van der Waals surface area contributed by atoms with E-state index in [1.54, 1.807) is 0 Å². The average Bonchev–Trinajstić information content (AvgIpc) is 2.94. The third kappa shape index (κ3) is 3.83. The lowest BCUT2D eigenvalue weighted by Gasteiger charge is -2.33. The molecule has 3 N–H and O–H groups in total. The normalized spacial score (nSPS) is 25.1. The zero-order valence-electron chi connectivity index (χ0n) is 13.2. The highest BCUT2D eigenvalue weighted by Gasteiger charge is 2.27. The molecule has 1 aliphatic rings. The maximum Gasteiger partial charge on any atom is 0.0640 e. The van der Waals surface area contributed by atoms with Gasteiger partial charge in [0.05, 0.1) is 5.69 Å². The molecule has 0 saturated heterocycles. The monoisotopic (exact) mass is 278 g/mol. The van der Waals surface area contributed by atoms with Gasteiger partial charge in [0.25, 0.3) is 0 Å². The van der Waals surface area contributed by atoms with Gasteiger partial charge in [-0.2, -0.15) is 5.10 Å². The molecule has 0 bridgehead atoms. The van der Waals surface area contributed by atoms with Crippen LogP contribution in [0.5, 0.6) is 0 Å². The summed E-state index contributed by atoms with van der Waals surface area (Å²) in [6.45, 7) is 6.62. The van der Waals surface area contributed by atoms with Crippen molar-refractivity contribution in [3.8, 4) is 0 Å². The van der Waals surface area contributed by atoms with Gasteiger partial charge in [-0.15, -0.1) is 0 Å². The topological polar surface area (TPSA) is 55.9 Å². The summed E-state index contributed by atoms with van der Waals surface area (Å²) in [6.07, 6.45) is 9.67. The predicted molar refractivity (Wildman–Crippen MR) is 83.2 cm³/mol. The van der Waals surface area contributed by atoms with Gasteiger partial charge >= 0.3 is 0 Å². The van der Waals surface area contributed by atoms with Gasteiger partial charge in [0, 0.05) is 24.7 Å². The standard InChI is InChI=1S/C16H30N4/c1-4-13-5-7-14(8-6-13)16(18-17)11-15-9-10-20(19-15)12(2)3/h9-10,12-14,16,18H,4-8,11,17H2,1-3H3.